The quantitative estimate of drug-likeness (QED) is 0.197. The number of hydrogen-bond donors (Lipinski definition) is 0. The van der Waals surface area contributed by atoms with Crippen LogP contribution in [0.2, 0.25) is 13.3 Å². The summed E-state index contributed by atoms with van der Waals surface area (Å²) in [5.74, 6) is -0.00884. The minimum atomic E-state index is -3.19. The normalized spacial score (nSPS) is 21.8. The summed E-state index contributed by atoms with van der Waals surface area (Å²) < 4.78 is 47.6. The Kier molecular flexibility index (Phi) is 10.6. The average molecular weight is 667 g/mol. The van der Waals surface area contributed by atoms with Crippen LogP contribution in [-0.4, -0.2) is 75.2 Å². The molecule has 2 aliphatic heterocycles. The number of alkyl halides is 1. The number of hydrogen-bond acceptors (Lipinski definition) is 6. The molecular weight excluding hydrogens is 617 g/mol. The summed E-state index contributed by atoms with van der Waals surface area (Å²) in [6.07, 6.45) is 9.94. The molecule has 0 N–H and O–H groups in total. The number of rotatable bonds is 14. The average Bonchev–Trinajstić information content (AvgIpc) is 3.43. The van der Waals surface area contributed by atoms with Crippen LogP contribution in [0, 0.1) is 5.82 Å². The van der Waals surface area contributed by atoms with Crippen molar-refractivity contribution in [1.29, 1.82) is 0 Å². The van der Waals surface area contributed by atoms with Crippen molar-refractivity contribution in [3.63, 3.8) is 0 Å². The van der Waals surface area contributed by atoms with Crippen molar-refractivity contribution in [2.75, 3.05) is 19.7 Å². The van der Waals surface area contributed by atoms with Gasteiger partial charge in [0.25, 0.3) is 0 Å². The van der Waals surface area contributed by atoms with E-state index in [2.05, 4.69) is 35.6 Å². The van der Waals surface area contributed by atoms with Gasteiger partial charge in [-0.15, -0.1) is 0 Å². The van der Waals surface area contributed by atoms with Gasteiger partial charge in [0.05, 0.1) is 0 Å². The van der Waals surface area contributed by atoms with Crippen LogP contribution in [-0.2, 0) is 0 Å². The third-order valence-corrected chi connectivity index (χ3v) is 23.9. The fraction of sp³-hybridized carbons (Fsp3) is 0.774. The Morgan fingerprint density at radius 1 is 1.05 bits per heavy atom. The molecule has 0 radical (unpaired) electrons. The molecule has 0 aromatic carbocycles. The van der Waals surface area contributed by atoms with Crippen LogP contribution in [0.3, 0.4) is 0 Å². The summed E-state index contributed by atoms with van der Waals surface area (Å²) in [5, 5.41) is 0.482. The van der Waals surface area contributed by atoms with Crippen LogP contribution in [0.25, 0.3) is 10.9 Å². The maximum atomic E-state index is 16.8. The monoisotopic (exact) mass is 668 g/mol. The Morgan fingerprint density at radius 2 is 1.70 bits per heavy atom. The van der Waals surface area contributed by atoms with E-state index in [4.69, 9.17) is 14.5 Å². The van der Waals surface area contributed by atoms with Gasteiger partial charge in [-0.2, -0.15) is 0 Å². The van der Waals surface area contributed by atoms with Crippen molar-refractivity contribution in [1.82, 2.24) is 19.9 Å². The van der Waals surface area contributed by atoms with Crippen LogP contribution in [0.15, 0.2) is 6.20 Å². The van der Waals surface area contributed by atoms with Gasteiger partial charge in [0.15, 0.2) is 0 Å². The minimum absolute atomic E-state index is 0.0998. The van der Waals surface area contributed by atoms with Gasteiger partial charge in [-0.25, -0.2) is 0 Å². The fourth-order valence-corrected chi connectivity index (χ4v) is 22.4. The first-order valence-corrected chi connectivity index (χ1v) is 23.1. The molecule has 6 nitrogen and oxygen atoms in total. The molecule has 2 saturated heterocycles. The van der Waals surface area contributed by atoms with E-state index in [0.29, 0.717) is 25.0 Å². The topological polar surface area (TPSA) is 60.4 Å². The summed E-state index contributed by atoms with van der Waals surface area (Å²) in [4.78, 5) is 16.4. The number of aromatic nitrogens is 3. The van der Waals surface area contributed by atoms with Crippen molar-refractivity contribution in [2.45, 2.75) is 130 Å². The zero-order valence-corrected chi connectivity index (χ0v) is 28.5. The van der Waals surface area contributed by atoms with Crippen LogP contribution in [0.4, 0.5) is 8.78 Å². The predicted molar refractivity (Wildman–Crippen MR) is 161 cm³/mol. The van der Waals surface area contributed by atoms with Crippen LogP contribution < -0.4 is 13.2 Å². The Bertz CT molecular complexity index is 1120. The second kappa shape index (κ2) is 13.3. The molecule has 4 heterocycles. The first-order valence-electron chi connectivity index (χ1n) is 15.6. The van der Waals surface area contributed by atoms with Crippen LogP contribution in [0.1, 0.15) is 99.3 Å². The number of pyridine rings is 1. The van der Waals surface area contributed by atoms with Gasteiger partial charge in [0, 0.05) is 0 Å². The molecule has 0 aliphatic carbocycles. The van der Waals surface area contributed by atoms with E-state index >= 15 is 4.39 Å². The van der Waals surface area contributed by atoms with E-state index in [1.165, 1.54) is 0 Å². The molecule has 9 heteroatoms. The summed E-state index contributed by atoms with van der Waals surface area (Å²) in [6.45, 7) is 14.1. The third-order valence-electron chi connectivity index (χ3n) is 8.79. The van der Waals surface area contributed by atoms with E-state index in [1.54, 1.807) is 6.20 Å². The third kappa shape index (κ3) is 7.01. The van der Waals surface area contributed by atoms with Gasteiger partial charge in [-0.05, 0) is 0 Å². The molecule has 4 rings (SSSR count). The molecule has 0 saturated carbocycles. The Morgan fingerprint density at radius 3 is 2.30 bits per heavy atom. The fourth-order valence-electron chi connectivity index (χ4n) is 6.74. The maximum absolute atomic E-state index is 16.8. The molecule has 2 fully saturated rings. The molecule has 224 valence electrons. The van der Waals surface area contributed by atoms with Gasteiger partial charge in [-0.1, -0.05) is 0 Å². The predicted octanol–water partition coefficient (Wildman–Crippen LogP) is 7.35. The molecule has 0 spiro atoms. The second-order valence-electron chi connectivity index (χ2n) is 13.2. The molecule has 0 unspecified atom stereocenters. The van der Waals surface area contributed by atoms with Gasteiger partial charge < -0.3 is 0 Å². The van der Waals surface area contributed by atoms with Crippen molar-refractivity contribution in [2.24, 2.45) is 0 Å². The Labute approximate surface area is 243 Å². The zero-order valence-electron chi connectivity index (χ0n) is 25.6. The molecule has 2 aromatic rings. The Balaban J connectivity index is 1.78. The van der Waals surface area contributed by atoms with E-state index < -0.39 is 30.1 Å². The summed E-state index contributed by atoms with van der Waals surface area (Å²) in [7, 11) is 0. The van der Waals surface area contributed by atoms with Crippen molar-refractivity contribution in [3.05, 3.63) is 12.0 Å². The summed E-state index contributed by atoms with van der Waals surface area (Å²) >= 11 is -3.19. The first kappa shape index (κ1) is 31.6. The summed E-state index contributed by atoms with van der Waals surface area (Å²) in [5.41, 5.74) is -0.638. The van der Waals surface area contributed by atoms with Crippen molar-refractivity contribution in [3.8, 4) is 11.9 Å². The number of halogens is 2. The number of unbranched alkanes of at least 4 members (excludes halogenated alkanes) is 3. The van der Waals surface area contributed by atoms with E-state index in [0.717, 1.165) is 74.9 Å². The van der Waals surface area contributed by atoms with E-state index in [-0.39, 0.29) is 28.8 Å². The standard InChI is InChI=1S/C19H23F2N4O2.3C4H9.Sn/c1-18(2,3)27-16-13-8-22-9-14(21)15(13)23-17(24-16)26-11-19-5-4-6-25(19)10-12(20)7-19;3*1-3-4-2;/h8,12H,4-7,10-11H2,1-3H3;3*1,3-4H2,2H3;/t12-,19+;;;;/m1..../s1. The summed E-state index contributed by atoms with van der Waals surface area (Å²) in [6, 6.07) is 0.0998. The van der Waals surface area contributed by atoms with Gasteiger partial charge in [-0.3, -0.25) is 0 Å². The molecular formula is C31H50F2N4O2Sn. The first-order chi connectivity index (χ1) is 19.1. The number of nitrogens with zero attached hydrogens (tertiary/aromatic N) is 4. The molecule has 40 heavy (non-hydrogen) atoms. The van der Waals surface area contributed by atoms with Gasteiger partial charge >= 0.3 is 245 Å². The second-order valence-corrected chi connectivity index (χ2v) is 26.1. The molecule has 2 aromatic heterocycles. The SMILES string of the molecule is CCC[CH2][Sn]([CH2]CCC)([CH2]CCC)[c]1ncc2c(OC(C)(C)C)nc(OC[C@@]34CCCN3C[C@H](F)C4)nc2c1F. The number of ether oxygens (including phenoxy) is 2. The zero-order chi connectivity index (χ0) is 29.0. The molecule has 0 amide bonds. The molecule has 0 bridgehead atoms. The van der Waals surface area contributed by atoms with E-state index in [1.807, 2.05) is 20.8 Å². The van der Waals surface area contributed by atoms with E-state index in [9.17, 15) is 4.39 Å². The Hall–Kier alpha value is -1.29. The van der Waals surface area contributed by atoms with Crippen LogP contribution in [0.5, 0.6) is 11.9 Å². The van der Waals surface area contributed by atoms with Crippen LogP contribution >= 0.6 is 0 Å². The van der Waals surface area contributed by atoms with Crippen molar-refractivity contribution >= 4 is 33.0 Å². The molecule has 2 aliphatic rings. The van der Waals surface area contributed by atoms with Gasteiger partial charge in [0.2, 0.25) is 0 Å². The number of fused-ring (bicyclic) bond motifs is 2. The molecule has 2 atom stereocenters. The van der Waals surface area contributed by atoms with Gasteiger partial charge in [0.1, 0.15) is 0 Å². The van der Waals surface area contributed by atoms with Crippen molar-refractivity contribution < 1.29 is 18.3 Å².